The minimum atomic E-state index is -1.40. The first-order valence-electron chi connectivity index (χ1n) is 5.48. The summed E-state index contributed by atoms with van der Waals surface area (Å²) in [5.41, 5.74) is -2.09. The predicted octanol–water partition coefficient (Wildman–Crippen LogP) is 0.831. The molecule has 0 bridgehead atoms. The Labute approximate surface area is 100 Å². The number of likely N-dealkylation sites (tertiary alicyclic amines) is 1. The number of ether oxygens (including phenoxy) is 1. The van der Waals surface area contributed by atoms with Gasteiger partial charge in [-0.25, -0.2) is 9.59 Å². The number of aliphatic hydroxyl groups excluding tert-OH is 1. The molecule has 0 aliphatic carbocycles. The molecule has 0 aromatic heterocycles. The van der Waals surface area contributed by atoms with E-state index in [1.807, 2.05) is 0 Å². The van der Waals surface area contributed by atoms with Gasteiger partial charge < -0.3 is 14.9 Å². The molecule has 1 heterocycles. The average molecular weight is 245 g/mol. The molecule has 1 aliphatic heterocycles. The lowest BCUT2D eigenvalue weighted by Crippen LogP contribution is -2.52. The number of aliphatic hydroxyl groups is 1. The normalized spacial score (nSPS) is 29.2. The number of carbonyl (C=O) groups is 2. The van der Waals surface area contributed by atoms with Crippen LogP contribution in [0.4, 0.5) is 4.79 Å². The molecule has 6 heteroatoms. The van der Waals surface area contributed by atoms with Crippen LogP contribution in [0.2, 0.25) is 0 Å². The molecule has 1 rings (SSSR count). The monoisotopic (exact) mass is 245 g/mol. The van der Waals surface area contributed by atoms with E-state index in [0.717, 1.165) is 4.90 Å². The molecule has 1 fully saturated rings. The van der Waals surface area contributed by atoms with Gasteiger partial charge in [-0.3, -0.25) is 4.90 Å². The van der Waals surface area contributed by atoms with E-state index in [4.69, 9.17) is 9.84 Å². The molecule has 2 atom stereocenters. The molecule has 0 saturated carbocycles. The highest BCUT2D eigenvalue weighted by Gasteiger charge is 2.51. The lowest BCUT2D eigenvalue weighted by molar-refractivity contribution is -0.148. The fourth-order valence-electron chi connectivity index (χ4n) is 1.84. The number of amides is 1. The molecule has 0 radical (unpaired) electrons. The quantitative estimate of drug-likeness (QED) is 0.714. The summed E-state index contributed by atoms with van der Waals surface area (Å²) >= 11 is 0. The zero-order valence-corrected chi connectivity index (χ0v) is 10.6. The van der Waals surface area contributed by atoms with Gasteiger partial charge in [0.25, 0.3) is 0 Å². The minimum absolute atomic E-state index is 0.0155. The van der Waals surface area contributed by atoms with Crippen molar-refractivity contribution in [1.29, 1.82) is 0 Å². The Morgan fingerprint density at radius 1 is 1.41 bits per heavy atom. The van der Waals surface area contributed by atoms with Gasteiger partial charge in [0.05, 0.1) is 12.6 Å². The molecule has 17 heavy (non-hydrogen) atoms. The van der Waals surface area contributed by atoms with E-state index in [0.29, 0.717) is 0 Å². The maximum Gasteiger partial charge on any atom is 0.411 e. The second kappa shape index (κ2) is 4.18. The van der Waals surface area contributed by atoms with Gasteiger partial charge in [0.15, 0.2) is 0 Å². The van der Waals surface area contributed by atoms with Gasteiger partial charge in [0, 0.05) is 6.42 Å². The van der Waals surface area contributed by atoms with Crippen LogP contribution in [0, 0.1) is 0 Å². The van der Waals surface area contributed by atoms with Crippen LogP contribution >= 0.6 is 0 Å². The lowest BCUT2D eigenvalue weighted by Gasteiger charge is -2.32. The SMILES string of the molecule is CC(C)(C)OC(=O)N1C[C@@H](O)CC1(C)C(=O)O. The third kappa shape index (κ3) is 2.88. The van der Waals surface area contributed by atoms with Crippen molar-refractivity contribution in [2.24, 2.45) is 0 Å². The Bertz CT molecular complexity index is 335. The Hall–Kier alpha value is -1.30. The highest BCUT2D eigenvalue weighted by atomic mass is 16.6. The maximum absolute atomic E-state index is 11.9. The summed E-state index contributed by atoms with van der Waals surface area (Å²) in [6, 6.07) is 0. The topological polar surface area (TPSA) is 87.1 Å². The zero-order valence-electron chi connectivity index (χ0n) is 10.6. The largest absolute Gasteiger partial charge is 0.480 e. The molecule has 1 saturated heterocycles. The fraction of sp³-hybridized carbons (Fsp3) is 0.818. The molecule has 1 aliphatic rings. The summed E-state index contributed by atoms with van der Waals surface area (Å²) in [5.74, 6) is -1.14. The molecule has 1 unspecified atom stereocenters. The zero-order chi connectivity index (χ0) is 13.4. The van der Waals surface area contributed by atoms with Crippen LogP contribution in [0.25, 0.3) is 0 Å². The fourth-order valence-corrected chi connectivity index (χ4v) is 1.84. The van der Waals surface area contributed by atoms with Gasteiger partial charge in [0.2, 0.25) is 0 Å². The number of hydrogen-bond donors (Lipinski definition) is 2. The Morgan fingerprint density at radius 3 is 2.35 bits per heavy atom. The first-order valence-corrected chi connectivity index (χ1v) is 5.48. The van der Waals surface area contributed by atoms with Crippen LogP contribution in [-0.4, -0.2) is 51.0 Å². The van der Waals surface area contributed by atoms with Crippen molar-refractivity contribution in [2.75, 3.05) is 6.54 Å². The summed E-state index contributed by atoms with van der Waals surface area (Å²) < 4.78 is 5.13. The van der Waals surface area contributed by atoms with Crippen molar-refractivity contribution in [3.05, 3.63) is 0 Å². The number of hydrogen-bond acceptors (Lipinski definition) is 4. The van der Waals surface area contributed by atoms with Gasteiger partial charge in [-0.05, 0) is 27.7 Å². The van der Waals surface area contributed by atoms with E-state index >= 15 is 0 Å². The van der Waals surface area contributed by atoms with Crippen LogP contribution in [-0.2, 0) is 9.53 Å². The number of nitrogens with zero attached hydrogens (tertiary/aromatic N) is 1. The standard InChI is InChI=1S/C11H19NO5/c1-10(2,3)17-9(16)12-6-7(13)5-11(12,4)8(14)15/h7,13H,5-6H2,1-4H3,(H,14,15)/t7-,11?/m0/s1. The molecule has 1 amide bonds. The molecular formula is C11H19NO5. The summed E-state index contributed by atoms with van der Waals surface area (Å²) in [5, 5.41) is 18.7. The molecule has 0 spiro atoms. The number of carboxylic acid groups (broad SMARTS) is 1. The number of β-amino-alcohol motifs (C(OH)–C–C–N with tert-alkyl or cyclic N) is 1. The number of aliphatic carboxylic acids is 1. The maximum atomic E-state index is 11.9. The predicted molar refractivity (Wildman–Crippen MR) is 59.6 cm³/mol. The summed E-state index contributed by atoms with van der Waals surface area (Å²) in [4.78, 5) is 24.1. The van der Waals surface area contributed by atoms with Crippen LogP contribution in [0.5, 0.6) is 0 Å². The van der Waals surface area contributed by atoms with Gasteiger partial charge in [-0.2, -0.15) is 0 Å². The van der Waals surface area contributed by atoms with Crippen LogP contribution in [0.3, 0.4) is 0 Å². The van der Waals surface area contributed by atoms with Crippen LogP contribution in [0.15, 0.2) is 0 Å². The van der Waals surface area contributed by atoms with Crippen LogP contribution < -0.4 is 0 Å². The van der Waals surface area contributed by atoms with E-state index in [9.17, 15) is 14.7 Å². The molecule has 6 nitrogen and oxygen atoms in total. The highest BCUT2D eigenvalue weighted by molar-refractivity contribution is 5.85. The molecule has 0 aromatic carbocycles. The van der Waals surface area contributed by atoms with Gasteiger partial charge >= 0.3 is 12.1 Å². The molecule has 98 valence electrons. The third-order valence-corrected chi connectivity index (χ3v) is 2.70. The first kappa shape index (κ1) is 13.8. The Balaban J connectivity index is 2.88. The van der Waals surface area contributed by atoms with E-state index in [2.05, 4.69) is 0 Å². The van der Waals surface area contributed by atoms with Crippen molar-refractivity contribution in [1.82, 2.24) is 4.90 Å². The van der Waals surface area contributed by atoms with Crippen molar-refractivity contribution in [3.8, 4) is 0 Å². The third-order valence-electron chi connectivity index (χ3n) is 2.70. The van der Waals surface area contributed by atoms with Crippen molar-refractivity contribution >= 4 is 12.1 Å². The van der Waals surface area contributed by atoms with Gasteiger partial charge in [-0.15, -0.1) is 0 Å². The second-order valence-corrected chi connectivity index (χ2v) is 5.53. The Morgan fingerprint density at radius 2 is 1.94 bits per heavy atom. The van der Waals surface area contributed by atoms with Crippen LogP contribution in [0.1, 0.15) is 34.1 Å². The summed E-state index contributed by atoms with van der Waals surface area (Å²) in [6.45, 7) is 6.51. The van der Waals surface area contributed by atoms with Gasteiger partial charge in [-0.1, -0.05) is 0 Å². The Kier molecular flexibility index (Phi) is 3.38. The van der Waals surface area contributed by atoms with Crippen molar-refractivity contribution in [3.63, 3.8) is 0 Å². The summed E-state index contributed by atoms with van der Waals surface area (Å²) in [7, 11) is 0. The van der Waals surface area contributed by atoms with Gasteiger partial charge in [0.1, 0.15) is 11.1 Å². The van der Waals surface area contributed by atoms with E-state index in [-0.39, 0.29) is 13.0 Å². The van der Waals surface area contributed by atoms with E-state index < -0.39 is 29.3 Å². The number of rotatable bonds is 1. The minimum Gasteiger partial charge on any atom is -0.480 e. The first-order chi connectivity index (χ1) is 7.56. The van der Waals surface area contributed by atoms with Crippen molar-refractivity contribution in [2.45, 2.75) is 51.4 Å². The number of carbonyl (C=O) groups excluding carboxylic acids is 1. The second-order valence-electron chi connectivity index (χ2n) is 5.53. The smallest absolute Gasteiger partial charge is 0.411 e. The highest BCUT2D eigenvalue weighted by Crippen LogP contribution is 2.31. The van der Waals surface area contributed by atoms with E-state index in [1.165, 1.54) is 6.92 Å². The van der Waals surface area contributed by atoms with E-state index in [1.54, 1.807) is 20.8 Å². The lowest BCUT2D eigenvalue weighted by atomic mass is 9.99. The molecule has 2 N–H and O–H groups in total. The average Bonchev–Trinajstić information content (AvgIpc) is 2.40. The number of carboxylic acids is 1. The molecular weight excluding hydrogens is 226 g/mol. The van der Waals surface area contributed by atoms with Crippen molar-refractivity contribution < 1.29 is 24.5 Å². The summed E-state index contributed by atoms with van der Waals surface area (Å²) in [6.07, 6.45) is -1.52. The molecule has 0 aromatic rings.